The molecule has 0 aromatic carbocycles. The molecule has 1 aromatic heterocycles. The molecule has 2 N–H and O–H groups in total. The van der Waals surface area contributed by atoms with E-state index in [1.54, 1.807) is 0 Å². The zero-order valence-corrected chi connectivity index (χ0v) is 15.5. The lowest BCUT2D eigenvalue weighted by Crippen LogP contribution is -2.39. The topological polar surface area (TPSA) is 50.4 Å². The Kier molecular flexibility index (Phi) is 7.36. The lowest BCUT2D eigenvalue weighted by atomic mass is 9.96. The molecular formula is C17H30N2O2S. The molecule has 0 radical (unpaired) electrons. The van der Waals surface area contributed by atoms with Gasteiger partial charge in [0.05, 0.1) is 0 Å². The van der Waals surface area contributed by atoms with Crippen molar-refractivity contribution in [2.45, 2.75) is 53.7 Å². The Labute approximate surface area is 138 Å². The van der Waals surface area contributed by atoms with E-state index < -0.39 is 5.60 Å². The van der Waals surface area contributed by atoms with Crippen molar-refractivity contribution >= 4 is 17.4 Å². The Bertz CT molecular complexity index is 463. The summed E-state index contributed by atoms with van der Waals surface area (Å²) in [6.45, 7) is 14.5. The van der Waals surface area contributed by atoms with Crippen LogP contribution in [0.2, 0.25) is 0 Å². The first-order valence-corrected chi connectivity index (χ1v) is 8.72. The van der Waals surface area contributed by atoms with E-state index in [4.69, 9.17) is 4.74 Å². The molecule has 22 heavy (non-hydrogen) atoms. The van der Waals surface area contributed by atoms with Crippen LogP contribution in [0.15, 0.2) is 12.1 Å². The minimum absolute atomic E-state index is 0.341. The molecule has 0 aliphatic carbocycles. The van der Waals surface area contributed by atoms with Crippen molar-refractivity contribution in [3.05, 3.63) is 21.9 Å². The highest BCUT2D eigenvalue weighted by molar-refractivity contribution is 7.11. The Morgan fingerprint density at radius 2 is 1.95 bits per heavy atom. The van der Waals surface area contributed by atoms with Gasteiger partial charge in [0.1, 0.15) is 5.60 Å². The van der Waals surface area contributed by atoms with Crippen LogP contribution in [0.5, 0.6) is 0 Å². The van der Waals surface area contributed by atoms with E-state index in [0.29, 0.717) is 18.4 Å². The second-order valence-corrected chi connectivity index (χ2v) is 8.40. The van der Waals surface area contributed by atoms with Gasteiger partial charge in [-0.1, -0.05) is 13.8 Å². The number of aryl methyl sites for hydroxylation is 1. The Morgan fingerprint density at radius 3 is 2.45 bits per heavy atom. The number of ether oxygens (including phenoxy) is 1. The van der Waals surface area contributed by atoms with Crippen LogP contribution in [0, 0.1) is 18.8 Å². The number of thiophene rings is 1. The first-order chi connectivity index (χ1) is 10.2. The Hall–Kier alpha value is -1.07. The van der Waals surface area contributed by atoms with Crippen LogP contribution in [0.3, 0.4) is 0 Å². The first-order valence-electron chi connectivity index (χ1n) is 7.90. The molecule has 5 heteroatoms. The molecule has 0 saturated heterocycles. The largest absolute Gasteiger partial charge is 0.444 e. The molecule has 0 aliphatic rings. The smallest absolute Gasteiger partial charge is 0.407 e. The van der Waals surface area contributed by atoms with Crippen molar-refractivity contribution in [3.8, 4) is 0 Å². The molecule has 1 amide bonds. The molecule has 4 nitrogen and oxygen atoms in total. The molecule has 1 atom stereocenters. The number of amides is 1. The van der Waals surface area contributed by atoms with Gasteiger partial charge in [-0.2, -0.15) is 0 Å². The number of nitrogens with one attached hydrogen (secondary N) is 2. The van der Waals surface area contributed by atoms with Gasteiger partial charge in [0.15, 0.2) is 0 Å². The molecule has 1 heterocycles. The van der Waals surface area contributed by atoms with Crippen LogP contribution in [0.25, 0.3) is 0 Å². The minimum atomic E-state index is -0.452. The van der Waals surface area contributed by atoms with Gasteiger partial charge in [-0.15, -0.1) is 11.3 Å². The maximum atomic E-state index is 11.7. The fourth-order valence-electron chi connectivity index (χ4n) is 2.03. The van der Waals surface area contributed by atoms with Crippen LogP contribution >= 0.6 is 11.3 Å². The van der Waals surface area contributed by atoms with Gasteiger partial charge in [0, 0.05) is 29.4 Å². The highest BCUT2D eigenvalue weighted by atomic mass is 32.1. The van der Waals surface area contributed by atoms with Gasteiger partial charge in [-0.25, -0.2) is 4.79 Å². The zero-order chi connectivity index (χ0) is 16.8. The van der Waals surface area contributed by atoms with Crippen molar-refractivity contribution < 1.29 is 9.53 Å². The van der Waals surface area contributed by atoms with Crippen molar-refractivity contribution in [1.29, 1.82) is 0 Å². The number of hydrogen-bond acceptors (Lipinski definition) is 4. The van der Waals surface area contributed by atoms with Crippen LogP contribution < -0.4 is 10.6 Å². The molecule has 0 saturated carbocycles. The van der Waals surface area contributed by atoms with E-state index in [0.717, 1.165) is 13.1 Å². The highest BCUT2D eigenvalue weighted by Gasteiger charge is 2.19. The summed E-state index contributed by atoms with van der Waals surface area (Å²) < 4.78 is 5.28. The lowest BCUT2D eigenvalue weighted by Gasteiger charge is -2.24. The van der Waals surface area contributed by atoms with Crippen molar-refractivity contribution in [2.75, 3.05) is 13.1 Å². The summed E-state index contributed by atoms with van der Waals surface area (Å²) >= 11 is 1.82. The average molecular weight is 327 g/mol. The molecule has 0 aliphatic heterocycles. The zero-order valence-electron chi connectivity index (χ0n) is 14.7. The minimum Gasteiger partial charge on any atom is -0.444 e. The van der Waals surface area contributed by atoms with Gasteiger partial charge in [0.2, 0.25) is 0 Å². The van der Waals surface area contributed by atoms with E-state index in [1.807, 2.05) is 32.1 Å². The summed E-state index contributed by atoms with van der Waals surface area (Å²) in [5, 5.41) is 6.36. The number of alkyl carbamates (subject to hydrolysis) is 1. The van der Waals surface area contributed by atoms with E-state index in [-0.39, 0.29) is 6.09 Å². The fourth-order valence-corrected chi connectivity index (χ4v) is 2.89. The second kappa shape index (κ2) is 8.53. The average Bonchev–Trinajstić information content (AvgIpc) is 2.76. The van der Waals surface area contributed by atoms with Crippen molar-refractivity contribution in [1.82, 2.24) is 10.6 Å². The predicted octanol–water partition coefficient (Wildman–Crippen LogP) is 3.94. The second-order valence-electron chi connectivity index (χ2n) is 7.03. The molecule has 1 rings (SSSR count). The summed E-state index contributed by atoms with van der Waals surface area (Å²) in [5.41, 5.74) is -0.452. The number of hydrogen-bond donors (Lipinski definition) is 2. The lowest BCUT2D eigenvalue weighted by molar-refractivity contribution is 0.0515. The van der Waals surface area contributed by atoms with E-state index >= 15 is 0 Å². The fraction of sp³-hybridized carbons (Fsp3) is 0.706. The third kappa shape index (κ3) is 7.80. The molecule has 1 unspecified atom stereocenters. The summed E-state index contributed by atoms with van der Waals surface area (Å²) in [6, 6.07) is 4.31. The monoisotopic (exact) mass is 326 g/mol. The molecule has 0 fully saturated rings. The molecule has 126 valence electrons. The number of carbonyl (C=O) groups excluding carboxylic acids is 1. The van der Waals surface area contributed by atoms with E-state index in [1.165, 1.54) is 9.75 Å². The maximum Gasteiger partial charge on any atom is 0.407 e. The van der Waals surface area contributed by atoms with Gasteiger partial charge < -0.3 is 15.4 Å². The van der Waals surface area contributed by atoms with Crippen LogP contribution in [0.1, 0.15) is 44.4 Å². The van der Waals surface area contributed by atoms with Crippen LogP contribution in [0.4, 0.5) is 4.79 Å². The van der Waals surface area contributed by atoms with Gasteiger partial charge >= 0.3 is 6.09 Å². The van der Waals surface area contributed by atoms with Gasteiger partial charge in [0.25, 0.3) is 0 Å². The molecule has 1 aromatic rings. The van der Waals surface area contributed by atoms with Crippen LogP contribution in [-0.4, -0.2) is 24.8 Å². The van der Waals surface area contributed by atoms with Crippen molar-refractivity contribution in [2.24, 2.45) is 11.8 Å². The normalized spacial score (nSPS) is 13.2. The Morgan fingerprint density at radius 1 is 1.27 bits per heavy atom. The molecule has 0 bridgehead atoms. The SMILES string of the molecule is Cc1ccc(CNCC(CNC(=O)OC(C)(C)C)C(C)C)s1. The number of rotatable bonds is 7. The predicted molar refractivity (Wildman–Crippen MR) is 93.3 cm³/mol. The summed E-state index contributed by atoms with van der Waals surface area (Å²) in [4.78, 5) is 14.4. The van der Waals surface area contributed by atoms with Crippen molar-refractivity contribution in [3.63, 3.8) is 0 Å². The quantitative estimate of drug-likeness (QED) is 0.798. The van der Waals surface area contributed by atoms with E-state index in [2.05, 4.69) is 43.5 Å². The van der Waals surface area contributed by atoms with Gasteiger partial charge in [-0.05, 0) is 51.7 Å². The molecular weight excluding hydrogens is 296 g/mol. The van der Waals surface area contributed by atoms with E-state index in [9.17, 15) is 4.79 Å². The first kappa shape index (κ1) is 19.0. The third-order valence-corrected chi connectivity index (χ3v) is 4.35. The standard InChI is InChI=1S/C17H30N2O2S/c1-12(2)14(10-19-16(20)21-17(4,5)6)9-18-11-15-8-7-13(3)22-15/h7-8,12,14,18H,9-11H2,1-6H3,(H,19,20). The molecule has 0 spiro atoms. The number of carbonyl (C=O) groups is 1. The summed E-state index contributed by atoms with van der Waals surface area (Å²) in [6.07, 6.45) is -0.341. The van der Waals surface area contributed by atoms with Crippen LogP contribution in [-0.2, 0) is 11.3 Å². The highest BCUT2D eigenvalue weighted by Crippen LogP contribution is 2.15. The van der Waals surface area contributed by atoms with Gasteiger partial charge in [-0.3, -0.25) is 0 Å². The Balaban J connectivity index is 2.34. The third-order valence-electron chi connectivity index (χ3n) is 3.35. The summed E-state index contributed by atoms with van der Waals surface area (Å²) in [7, 11) is 0. The summed E-state index contributed by atoms with van der Waals surface area (Å²) in [5.74, 6) is 0.876. The maximum absolute atomic E-state index is 11.7.